The van der Waals surface area contributed by atoms with Gasteiger partial charge in [0.1, 0.15) is 0 Å². The summed E-state index contributed by atoms with van der Waals surface area (Å²) in [7, 11) is -1.46. The summed E-state index contributed by atoms with van der Waals surface area (Å²) >= 11 is 0. The first-order valence-electron chi connectivity index (χ1n) is 17.9. The number of fused-ring (bicyclic) bond motifs is 6. The Morgan fingerprint density at radius 1 is 0.288 bits per heavy atom. The smallest absolute Gasteiger partial charge is 0.164 e. The van der Waals surface area contributed by atoms with Gasteiger partial charge in [-0.15, -0.1) is 0 Å². The van der Waals surface area contributed by atoms with Gasteiger partial charge in [0.2, 0.25) is 0 Å². The number of hydrogen-bond acceptors (Lipinski definition) is 3. The van der Waals surface area contributed by atoms with Gasteiger partial charge < -0.3 is 0 Å². The normalized spacial score (nSPS) is 11.8. The predicted octanol–water partition coefficient (Wildman–Crippen LogP) is 12.2. The van der Waals surface area contributed by atoms with E-state index in [0.717, 1.165) is 27.8 Å². The molecule has 3 nitrogen and oxygen atoms in total. The fourth-order valence-electron chi connectivity index (χ4n) is 7.26. The molecule has 0 radical (unpaired) electrons. The number of nitrogens with zero attached hydrogens (tertiary/aromatic N) is 3. The molecule has 0 saturated carbocycles. The van der Waals surface area contributed by atoms with Gasteiger partial charge in [-0.1, -0.05) is 176 Å². The minimum atomic E-state index is -1.46. The maximum absolute atomic E-state index is 4.97. The predicted molar refractivity (Wildman–Crippen MR) is 223 cm³/mol. The van der Waals surface area contributed by atoms with Crippen LogP contribution in [0.2, 0.25) is 19.6 Å². The standard InChI is InChI=1S/C48H37N3Si/c1-52(2,3)39-25-27-43-42-26-24-37(30-44(42)40-22-10-11-23-41(40)45(43)31-39)35-19-12-18-34(28-35)36-20-13-21-38(29-36)48-50-46(32-14-6-4-7-15-32)49-47(51-48)33-16-8-5-9-17-33/h4-31H,1-3H3. The molecule has 1 aromatic heterocycles. The molecule has 0 unspecified atom stereocenters. The molecule has 0 bridgehead atoms. The molecule has 4 heteroatoms. The highest BCUT2D eigenvalue weighted by Gasteiger charge is 2.19. The van der Waals surface area contributed by atoms with Crippen molar-refractivity contribution in [3.8, 4) is 56.4 Å². The molecule has 0 saturated heterocycles. The monoisotopic (exact) mass is 683 g/mol. The SMILES string of the molecule is C[Si](C)(C)c1ccc2c3ccc(-c4cccc(-c5cccc(-c6nc(-c7ccccc7)nc(-c7ccccc7)n6)c5)c4)cc3c3ccccc3c2c1. The molecule has 0 N–H and O–H groups in total. The molecule has 0 atom stereocenters. The van der Waals surface area contributed by atoms with Crippen molar-refractivity contribution in [3.05, 3.63) is 170 Å². The minimum Gasteiger partial charge on any atom is -0.208 e. The zero-order chi connectivity index (χ0) is 35.2. The van der Waals surface area contributed by atoms with Crippen molar-refractivity contribution in [2.24, 2.45) is 0 Å². The Morgan fingerprint density at radius 3 is 1.21 bits per heavy atom. The van der Waals surface area contributed by atoms with E-state index in [1.54, 1.807) is 0 Å². The Labute approximate surface area is 305 Å². The summed E-state index contributed by atoms with van der Waals surface area (Å²) in [5, 5.41) is 9.35. The summed E-state index contributed by atoms with van der Waals surface area (Å²) < 4.78 is 0. The Balaban J connectivity index is 1.13. The average Bonchev–Trinajstić information content (AvgIpc) is 3.21. The molecule has 9 rings (SSSR count). The van der Waals surface area contributed by atoms with Crippen molar-refractivity contribution < 1.29 is 0 Å². The van der Waals surface area contributed by atoms with Crippen LogP contribution in [-0.2, 0) is 0 Å². The second-order valence-electron chi connectivity index (χ2n) is 14.5. The van der Waals surface area contributed by atoms with E-state index in [-0.39, 0.29) is 0 Å². The second-order valence-corrected chi connectivity index (χ2v) is 19.6. The second kappa shape index (κ2) is 12.8. The van der Waals surface area contributed by atoms with Crippen LogP contribution < -0.4 is 5.19 Å². The first-order valence-corrected chi connectivity index (χ1v) is 21.4. The molecular weight excluding hydrogens is 647 g/mol. The van der Waals surface area contributed by atoms with Crippen molar-refractivity contribution in [1.82, 2.24) is 15.0 Å². The lowest BCUT2D eigenvalue weighted by Crippen LogP contribution is -2.37. The number of aromatic nitrogens is 3. The molecule has 0 amide bonds. The lowest BCUT2D eigenvalue weighted by atomic mass is 9.91. The first kappa shape index (κ1) is 31.7. The van der Waals surface area contributed by atoms with Gasteiger partial charge in [-0.3, -0.25) is 0 Å². The summed E-state index contributed by atoms with van der Waals surface area (Å²) in [6, 6.07) is 60.6. The van der Waals surface area contributed by atoms with Gasteiger partial charge in [0.25, 0.3) is 0 Å². The van der Waals surface area contributed by atoms with E-state index >= 15 is 0 Å². The van der Waals surface area contributed by atoms with E-state index in [2.05, 4.69) is 129 Å². The zero-order valence-corrected chi connectivity index (χ0v) is 30.5. The molecule has 0 aliphatic carbocycles. The van der Waals surface area contributed by atoms with Gasteiger partial charge in [0, 0.05) is 16.7 Å². The zero-order valence-electron chi connectivity index (χ0n) is 29.5. The van der Waals surface area contributed by atoms with Crippen LogP contribution in [0.4, 0.5) is 0 Å². The first-order chi connectivity index (χ1) is 25.4. The molecule has 0 aliphatic rings. The maximum Gasteiger partial charge on any atom is 0.164 e. The lowest BCUT2D eigenvalue weighted by molar-refractivity contribution is 1.07. The highest BCUT2D eigenvalue weighted by atomic mass is 28.3. The third kappa shape index (κ3) is 5.87. The minimum absolute atomic E-state index is 0.649. The molecule has 52 heavy (non-hydrogen) atoms. The topological polar surface area (TPSA) is 38.7 Å². The fourth-order valence-corrected chi connectivity index (χ4v) is 8.42. The molecular formula is C48H37N3Si. The summed E-state index contributed by atoms with van der Waals surface area (Å²) in [4.78, 5) is 14.8. The Kier molecular flexibility index (Phi) is 7.83. The highest BCUT2D eigenvalue weighted by Crippen LogP contribution is 2.38. The van der Waals surface area contributed by atoms with Crippen LogP contribution in [0.5, 0.6) is 0 Å². The van der Waals surface area contributed by atoms with E-state index in [1.807, 2.05) is 60.7 Å². The fraction of sp³-hybridized carbons (Fsp3) is 0.0625. The van der Waals surface area contributed by atoms with Crippen LogP contribution in [-0.4, -0.2) is 23.0 Å². The third-order valence-corrected chi connectivity index (χ3v) is 12.1. The van der Waals surface area contributed by atoms with E-state index in [0.29, 0.717) is 17.5 Å². The molecule has 248 valence electrons. The van der Waals surface area contributed by atoms with Gasteiger partial charge >= 0.3 is 0 Å². The number of rotatable bonds is 6. The van der Waals surface area contributed by atoms with Crippen LogP contribution >= 0.6 is 0 Å². The van der Waals surface area contributed by atoms with Gasteiger partial charge in [-0.25, -0.2) is 15.0 Å². The van der Waals surface area contributed by atoms with E-state index in [4.69, 9.17) is 15.0 Å². The Bertz CT molecular complexity index is 2690. The molecule has 1 heterocycles. The molecule has 9 aromatic rings. The maximum atomic E-state index is 4.97. The molecule has 8 aromatic carbocycles. The van der Waals surface area contributed by atoms with E-state index in [9.17, 15) is 0 Å². The highest BCUT2D eigenvalue weighted by molar-refractivity contribution is 6.88. The van der Waals surface area contributed by atoms with Crippen LogP contribution in [0.25, 0.3) is 88.7 Å². The van der Waals surface area contributed by atoms with Crippen molar-refractivity contribution in [2.75, 3.05) is 0 Å². The van der Waals surface area contributed by atoms with Crippen molar-refractivity contribution in [1.29, 1.82) is 0 Å². The van der Waals surface area contributed by atoms with Gasteiger partial charge in [-0.05, 0) is 72.8 Å². The summed E-state index contributed by atoms with van der Waals surface area (Å²) in [5.41, 5.74) is 7.49. The summed E-state index contributed by atoms with van der Waals surface area (Å²) in [6.07, 6.45) is 0. The molecule has 0 fully saturated rings. The van der Waals surface area contributed by atoms with Crippen LogP contribution in [0.15, 0.2) is 170 Å². The van der Waals surface area contributed by atoms with Gasteiger partial charge in [0.05, 0.1) is 8.07 Å². The summed E-state index contributed by atoms with van der Waals surface area (Å²) in [6.45, 7) is 7.26. The van der Waals surface area contributed by atoms with Crippen molar-refractivity contribution >= 4 is 45.6 Å². The van der Waals surface area contributed by atoms with Crippen molar-refractivity contribution in [2.45, 2.75) is 19.6 Å². The lowest BCUT2D eigenvalue weighted by Gasteiger charge is -2.19. The van der Waals surface area contributed by atoms with E-state index in [1.165, 1.54) is 48.6 Å². The molecule has 0 aliphatic heterocycles. The van der Waals surface area contributed by atoms with Crippen molar-refractivity contribution in [3.63, 3.8) is 0 Å². The largest absolute Gasteiger partial charge is 0.208 e. The van der Waals surface area contributed by atoms with Gasteiger partial charge in [-0.2, -0.15) is 0 Å². The van der Waals surface area contributed by atoms with Gasteiger partial charge in [0.15, 0.2) is 17.5 Å². The summed E-state index contributed by atoms with van der Waals surface area (Å²) in [5.74, 6) is 1.96. The van der Waals surface area contributed by atoms with Crippen LogP contribution in [0.3, 0.4) is 0 Å². The van der Waals surface area contributed by atoms with Crippen LogP contribution in [0.1, 0.15) is 0 Å². The number of hydrogen-bond donors (Lipinski definition) is 0. The van der Waals surface area contributed by atoms with Crippen LogP contribution in [0, 0.1) is 0 Å². The van der Waals surface area contributed by atoms with E-state index < -0.39 is 8.07 Å². The Morgan fingerprint density at radius 2 is 0.673 bits per heavy atom. The average molecular weight is 684 g/mol. The number of benzene rings is 8. The Hall–Kier alpha value is -6.23. The quantitative estimate of drug-likeness (QED) is 0.129. The molecule has 0 spiro atoms. The third-order valence-electron chi connectivity index (χ3n) is 10.1.